The molecule has 6 heteroatoms. The van der Waals surface area contributed by atoms with E-state index in [1.54, 1.807) is 42.7 Å². The van der Waals surface area contributed by atoms with Crippen molar-refractivity contribution in [2.75, 3.05) is 6.54 Å². The average molecular weight is 303 g/mol. The Morgan fingerprint density at radius 2 is 2.14 bits per heavy atom. The zero-order chi connectivity index (χ0) is 14.7. The first-order chi connectivity index (χ1) is 10.2. The van der Waals surface area contributed by atoms with E-state index in [-0.39, 0.29) is 12.5 Å². The number of hydrogen-bond donors (Lipinski definition) is 2. The molecule has 108 valence electrons. The standard InChI is InChI=1S/C15H13NO4S/c17-10(9-16-15(18)14-4-2-8-21-14)11-5-6-13(20-11)12-3-1-7-19-12/h1-8,10,17H,9H2,(H,16,18). The minimum absolute atomic E-state index is 0.0852. The van der Waals surface area contributed by atoms with Crippen molar-refractivity contribution in [3.63, 3.8) is 0 Å². The van der Waals surface area contributed by atoms with Gasteiger partial charge in [0.25, 0.3) is 5.91 Å². The van der Waals surface area contributed by atoms with Crippen molar-refractivity contribution in [3.05, 3.63) is 58.7 Å². The summed E-state index contributed by atoms with van der Waals surface area (Å²) >= 11 is 1.35. The summed E-state index contributed by atoms with van der Waals surface area (Å²) in [6.07, 6.45) is 0.646. The lowest BCUT2D eigenvalue weighted by molar-refractivity contribution is 0.0905. The fourth-order valence-electron chi connectivity index (χ4n) is 1.87. The Balaban J connectivity index is 1.61. The number of carbonyl (C=O) groups is 1. The fraction of sp³-hybridized carbons (Fsp3) is 0.133. The van der Waals surface area contributed by atoms with Gasteiger partial charge in [-0.15, -0.1) is 11.3 Å². The third kappa shape index (κ3) is 3.07. The predicted octanol–water partition coefficient (Wildman–Crippen LogP) is 3.06. The Morgan fingerprint density at radius 1 is 1.24 bits per heavy atom. The van der Waals surface area contributed by atoms with Crippen molar-refractivity contribution in [3.8, 4) is 11.5 Å². The molecule has 5 nitrogen and oxygen atoms in total. The summed E-state index contributed by atoms with van der Waals surface area (Å²) in [5.41, 5.74) is 0. The van der Waals surface area contributed by atoms with Gasteiger partial charge in [-0.25, -0.2) is 0 Å². The quantitative estimate of drug-likeness (QED) is 0.759. The minimum atomic E-state index is -0.905. The Hall–Kier alpha value is -2.31. The van der Waals surface area contributed by atoms with Crippen LogP contribution in [-0.2, 0) is 0 Å². The second-order valence-corrected chi connectivity index (χ2v) is 5.33. The number of nitrogens with one attached hydrogen (secondary N) is 1. The molecule has 3 heterocycles. The van der Waals surface area contributed by atoms with Gasteiger partial charge in [-0.1, -0.05) is 6.07 Å². The van der Waals surface area contributed by atoms with Gasteiger partial charge in [0.2, 0.25) is 0 Å². The van der Waals surface area contributed by atoms with Crippen LogP contribution in [0.1, 0.15) is 21.5 Å². The van der Waals surface area contributed by atoms with Crippen molar-refractivity contribution >= 4 is 17.2 Å². The van der Waals surface area contributed by atoms with Crippen LogP contribution in [0.25, 0.3) is 11.5 Å². The van der Waals surface area contributed by atoms with E-state index in [0.717, 1.165) is 0 Å². The van der Waals surface area contributed by atoms with E-state index in [2.05, 4.69) is 5.32 Å². The van der Waals surface area contributed by atoms with Crippen LogP contribution < -0.4 is 5.32 Å². The number of thiophene rings is 1. The molecule has 0 aliphatic rings. The Morgan fingerprint density at radius 3 is 2.86 bits per heavy atom. The smallest absolute Gasteiger partial charge is 0.261 e. The van der Waals surface area contributed by atoms with Gasteiger partial charge in [0.15, 0.2) is 11.5 Å². The van der Waals surface area contributed by atoms with Gasteiger partial charge in [-0.3, -0.25) is 4.79 Å². The number of furan rings is 2. The van der Waals surface area contributed by atoms with Crippen LogP contribution in [0.15, 0.2) is 56.9 Å². The molecule has 2 N–H and O–H groups in total. The summed E-state index contributed by atoms with van der Waals surface area (Å²) in [6, 6.07) is 10.5. The van der Waals surface area contributed by atoms with E-state index < -0.39 is 6.10 Å². The third-order valence-electron chi connectivity index (χ3n) is 2.92. The number of hydrogen-bond acceptors (Lipinski definition) is 5. The normalized spacial score (nSPS) is 12.2. The molecule has 0 aliphatic heterocycles. The molecule has 0 saturated carbocycles. The molecule has 3 rings (SSSR count). The average Bonchev–Trinajstić information content (AvgIpc) is 3.25. The molecule has 1 amide bonds. The molecule has 0 bridgehead atoms. The number of rotatable bonds is 5. The molecule has 21 heavy (non-hydrogen) atoms. The molecule has 0 spiro atoms. The van der Waals surface area contributed by atoms with Crippen molar-refractivity contribution in [1.29, 1.82) is 0 Å². The highest BCUT2D eigenvalue weighted by Crippen LogP contribution is 2.25. The van der Waals surface area contributed by atoms with Crippen LogP contribution in [0.4, 0.5) is 0 Å². The van der Waals surface area contributed by atoms with Crippen molar-refractivity contribution in [1.82, 2.24) is 5.32 Å². The summed E-state index contributed by atoms with van der Waals surface area (Å²) in [5.74, 6) is 1.31. The van der Waals surface area contributed by atoms with Crippen molar-refractivity contribution in [2.24, 2.45) is 0 Å². The molecule has 0 saturated heterocycles. The molecule has 0 aliphatic carbocycles. The van der Waals surface area contributed by atoms with E-state index in [0.29, 0.717) is 22.2 Å². The lowest BCUT2D eigenvalue weighted by Crippen LogP contribution is -2.27. The van der Waals surface area contributed by atoms with Crippen LogP contribution >= 0.6 is 11.3 Å². The maximum absolute atomic E-state index is 11.8. The topological polar surface area (TPSA) is 75.6 Å². The Labute approximate surface area is 124 Å². The molecular weight excluding hydrogens is 290 g/mol. The lowest BCUT2D eigenvalue weighted by Gasteiger charge is -2.08. The van der Waals surface area contributed by atoms with Crippen molar-refractivity contribution in [2.45, 2.75) is 6.10 Å². The summed E-state index contributed by atoms with van der Waals surface area (Å²) in [4.78, 5) is 12.4. The lowest BCUT2D eigenvalue weighted by atomic mass is 10.2. The van der Waals surface area contributed by atoms with Gasteiger partial charge in [0, 0.05) is 0 Å². The predicted molar refractivity (Wildman–Crippen MR) is 78.0 cm³/mol. The molecule has 1 atom stereocenters. The minimum Gasteiger partial charge on any atom is -0.461 e. The Kier molecular flexibility index (Phi) is 3.89. The summed E-state index contributed by atoms with van der Waals surface area (Å²) in [6.45, 7) is 0.0852. The molecule has 1 unspecified atom stereocenters. The number of amides is 1. The van der Waals surface area contributed by atoms with E-state index in [4.69, 9.17) is 8.83 Å². The monoisotopic (exact) mass is 303 g/mol. The zero-order valence-electron chi connectivity index (χ0n) is 11.0. The third-order valence-corrected chi connectivity index (χ3v) is 3.79. The molecule has 3 aromatic heterocycles. The van der Waals surface area contributed by atoms with Gasteiger partial charge in [0.05, 0.1) is 17.7 Å². The first-order valence-corrected chi connectivity index (χ1v) is 7.25. The number of aliphatic hydroxyl groups is 1. The van der Waals surface area contributed by atoms with Crippen LogP contribution in [0.5, 0.6) is 0 Å². The van der Waals surface area contributed by atoms with Gasteiger partial charge < -0.3 is 19.3 Å². The van der Waals surface area contributed by atoms with Crippen LogP contribution in [0, 0.1) is 0 Å². The highest BCUT2D eigenvalue weighted by Gasteiger charge is 2.16. The summed E-state index contributed by atoms with van der Waals surface area (Å²) < 4.78 is 10.7. The van der Waals surface area contributed by atoms with Gasteiger partial charge in [0.1, 0.15) is 11.9 Å². The summed E-state index contributed by atoms with van der Waals surface area (Å²) in [5, 5.41) is 14.5. The first-order valence-electron chi connectivity index (χ1n) is 6.37. The van der Waals surface area contributed by atoms with E-state index in [9.17, 15) is 9.90 Å². The van der Waals surface area contributed by atoms with Gasteiger partial charge in [-0.05, 0) is 35.7 Å². The van der Waals surface area contributed by atoms with E-state index >= 15 is 0 Å². The number of carbonyl (C=O) groups excluding carboxylic acids is 1. The molecule has 0 fully saturated rings. The number of aliphatic hydroxyl groups excluding tert-OH is 1. The first kappa shape index (κ1) is 13.7. The van der Waals surface area contributed by atoms with Crippen molar-refractivity contribution < 1.29 is 18.7 Å². The van der Waals surface area contributed by atoms with E-state index in [1.807, 2.05) is 5.38 Å². The maximum atomic E-state index is 11.8. The second kappa shape index (κ2) is 5.99. The molecule has 3 aromatic rings. The van der Waals surface area contributed by atoms with Gasteiger partial charge in [-0.2, -0.15) is 0 Å². The van der Waals surface area contributed by atoms with Crippen LogP contribution in [0.3, 0.4) is 0 Å². The fourth-order valence-corrected chi connectivity index (χ4v) is 2.51. The highest BCUT2D eigenvalue weighted by atomic mass is 32.1. The maximum Gasteiger partial charge on any atom is 0.261 e. The molecule has 0 radical (unpaired) electrons. The van der Waals surface area contributed by atoms with Crippen LogP contribution in [-0.4, -0.2) is 17.6 Å². The SMILES string of the molecule is O=C(NCC(O)c1ccc(-c2ccco2)o1)c1cccs1. The Bertz CT molecular complexity index is 700. The van der Waals surface area contributed by atoms with Crippen LogP contribution in [0.2, 0.25) is 0 Å². The summed E-state index contributed by atoms with van der Waals surface area (Å²) in [7, 11) is 0. The molecule has 0 aromatic carbocycles. The van der Waals surface area contributed by atoms with E-state index in [1.165, 1.54) is 11.3 Å². The largest absolute Gasteiger partial charge is 0.461 e. The highest BCUT2D eigenvalue weighted by molar-refractivity contribution is 7.12. The molecular formula is C15H13NO4S. The zero-order valence-corrected chi connectivity index (χ0v) is 11.8. The second-order valence-electron chi connectivity index (χ2n) is 4.38. The van der Waals surface area contributed by atoms with Gasteiger partial charge >= 0.3 is 0 Å².